The molecule has 0 bridgehead atoms. The van der Waals surface area contributed by atoms with E-state index < -0.39 is 0 Å². The summed E-state index contributed by atoms with van der Waals surface area (Å²) in [5.41, 5.74) is 2.37. The van der Waals surface area contributed by atoms with E-state index in [1.54, 1.807) is 11.3 Å². The van der Waals surface area contributed by atoms with E-state index in [0.717, 1.165) is 12.1 Å². The van der Waals surface area contributed by atoms with Gasteiger partial charge in [0.15, 0.2) is 0 Å². The van der Waals surface area contributed by atoms with Crippen molar-refractivity contribution in [2.75, 3.05) is 6.54 Å². The van der Waals surface area contributed by atoms with Gasteiger partial charge in [0.25, 0.3) is 0 Å². The van der Waals surface area contributed by atoms with Crippen LogP contribution in [0.4, 0.5) is 4.39 Å². The molecule has 1 nitrogen and oxygen atoms in total. The van der Waals surface area contributed by atoms with Gasteiger partial charge in [-0.1, -0.05) is 13.0 Å². The minimum atomic E-state index is -0.224. The van der Waals surface area contributed by atoms with Gasteiger partial charge in [-0.15, -0.1) is 11.3 Å². The summed E-state index contributed by atoms with van der Waals surface area (Å²) in [7, 11) is 0. The van der Waals surface area contributed by atoms with Crippen LogP contribution < -0.4 is 5.32 Å². The standard InChI is InChI=1S/C15H17BrFNS/c1-4-18-14(15-9(2)7-10(3)19-15)11-5-6-13(17)12(16)8-11/h5-8,14,18H,4H2,1-3H3. The average Bonchev–Trinajstić information content (AvgIpc) is 2.69. The van der Waals surface area contributed by atoms with Crippen LogP contribution in [0.3, 0.4) is 0 Å². The monoisotopic (exact) mass is 341 g/mol. The fourth-order valence-corrected chi connectivity index (χ4v) is 3.74. The number of thiophene rings is 1. The highest BCUT2D eigenvalue weighted by Gasteiger charge is 2.18. The Hall–Kier alpha value is -0.710. The first-order chi connectivity index (χ1) is 9.02. The summed E-state index contributed by atoms with van der Waals surface area (Å²) in [5.74, 6) is -0.224. The fourth-order valence-electron chi connectivity index (χ4n) is 2.20. The van der Waals surface area contributed by atoms with Crippen LogP contribution >= 0.6 is 27.3 Å². The molecule has 2 rings (SSSR count). The molecule has 0 saturated heterocycles. The van der Waals surface area contributed by atoms with Crippen molar-refractivity contribution in [3.63, 3.8) is 0 Å². The quantitative estimate of drug-likeness (QED) is 0.828. The van der Waals surface area contributed by atoms with Crippen molar-refractivity contribution in [2.24, 2.45) is 0 Å². The fraction of sp³-hybridized carbons (Fsp3) is 0.333. The van der Waals surface area contributed by atoms with Crippen LogP contribution in [-0.2, 0) is 0 Å². The van der Waals surface area contributed by atoms with E-state index in [9.17, 15) is 4.39 Å². The lowest BCUT2D eigenvalue weighted by Crippen LogP contribution is -2.21. The molecule has 0 fully saturated rings. The molecular weight excluding hydrogens is 325 g/mol. The van der Waals surface area contributed by atoms with Crippen molar-refractivity contribution in [1.82, 2.24) is 5.32 Å². The largest absolute Gasteiger partial charge is 0.306 e. The van der Waals surface area contributed by atoms with Crippen molar-refractivity contribution in [1.29, 1.82) is 0 Å². The van der Waals surface area contributed by atoms with E-state index in [0.29, 0.717) is 4.47 Å². The summed E-state index contributed by atoms with van der Waals surface area (Å²) in [6.45, 7) is 7.20. The van der Waals surface area contributed by atoms with Gasteiger partial charge in [-0.05, 0) is 65.6 Å². The third-order valence-corrected chi connectivity index (χ3v) is 4.85. The van der Waals surface area contributed by atoms with Gasteiger partial charge in [-0.3, -0.25) is 0 Å². The zero-order chi connectivity index (χ0) is 14.0. The maximum atomic E-state index is 13.4. The Labute approximate surface area is 126 Å². The molecule has 1 aromatic carbocycles. The molecule has 4 heteroatoms. The minimum Gasteiger partial charge on any atom is -0.306 e. The number of nitrogens with one attached hydrogen (secondary N) is 1. The van der Waals surface area contributed by atoms with Crippen molar-refractivity contribution < 1.29 is 4.39 Å². The van der Waals surface area contributed by atoms with Crippen LogP contribution in [0.15, 0.2) is 28.7 Å². The second-order valence-electron chi connectivity index (χ2n) is 4.57. The van der Waals surface area contributed by atoms with Crippen molar-refractivity contribution >= 4 is 27.3 Å². The van der Waals surface area contributed by atoms with Gasteiger partial charge in [-0.2, -0.15) is 0 Å². The predicted octanol–water partition coefficient (Wildman–Crippen LogP) is 4.97. The number of hydrogen-bond acceptors (Lipinski definition) is 2. The van der Waals surface area contributed by atoms with Crippen molar-refractivity contribution in [3.05, 3.63) is 55.4 Å². The van der Waals surface area contributed by atoms with Crippen molar-refractivity contribution in [2.45, 2.75) is 26.8 Å². The van der Waals surface area contributed by atoms with Crippen molar-refractivity contribution in [3.8, 4) is 0 Å². The first kappa shape index (κ1) is 14.7. The summed E-state index contributed by atoms with van der Waals surface area (Å²) in [6.07, 6.45) is 0. The number of halogens is 2. The summed E-state index contributed by atoms with van der Waals surface area (Å²) in [6, 6.07) is 7.54. The highest BCUT2D eigenvalue weighted by molar-refractivity contribution is 9.10. The third kappa shape index (κ3) is 3.25. The highest BCUT2D eigenvalue weighted by atomic mass is 79.9. The van der Waals surface area contributed by atoms with Crippen LogP contribution in [0, 0.1) is 19.7 Å². The molecule has 0 aliphatic carbocycles. The van der Waals surface area contributed by atoms with Crippen LogP contribution in [0.25, 0.3) is 0 Å². The van der Waals surface area contributed by atoms with Crippen LogP contribution in [0.1, 0.15) is 33.8 Å². The zero-order valence-electron chi connectivity index (χ0n) is 11.3. The lowest BCUT2D eigenvalue weighted by Gasteiger charge is -2.18. The van der Waals surface area contributed by atoms with Gasteiger partial charge in [0.1, 0.15) is 5.82 Å². The van der Waals surface area contributed by atoms with E-state index in [1.165, 1.54) is 21.4 Å². The minimum absolute atomic E-state index is 0.126. The Bertz CT molecular complexity index is 580. The molecule has 0 amide bonds. The van der Waals surface area contributed by atoms with Crippen LogP contribution in [0.2, 0.25) is 0 Å². The second kappa shape index (κ2) is 6.16. The van der Waals surface area contributed by atoms with Gasteiger partial charge >= 0.3 is 0 Å². The zero-order valence-corrected chi connectivity index (χ0v) is 13.7. The molecule has 0 saturated carbocycles. The first-order valence-electron chi connectivity index (χ1n) is 6.28. The number of rotatable bonds is 4. The topological polar surface area (TPSA) is 12.0 Å². The number of benzene rings is 1. The molecule has 1 N–H and O–H groups in total. The molecule has 0 aliphatic heterocycles. The molecule has 1 atom stereocenters. The van der Waals surface area contributed by atoms with Gasteiger partial charge < -0.3 is 5.32 Å². The lowest BCUT2D eigenvalue weighted by molar-refractivity contribution is 0.610. The molecule has 2 aromatic rings. The maximum absolute atomic E-state index is 13.4. The predicted molar refractivity (Wildman–Crippen MR) is 83.4 cm³/mol. The normalized spacial score (nSPS) is 12.7. The Morgan fingerprint density at radius 1 is 1.32 bits per heavy atom. The first-order valence-corrected chi connectivity index (χ1v) is 7.89. The van der Waals surface area contributed by atoms with E-state index in [-0.39, 0.29) is 11.9 Å². The second-order valence-corrected chi connectivity index (χ2v) is 6.71. The van der Waals surface area contributed by atoms with Gasteiger partial charge in [0.2, 0.25) is 0 Å². The summed E-state index contributed by atoms with van der Waals surface area (Å²) < 4.78 is 13.9. The van der Waals surface area contributed by atoms with Crippen LogP contribution in [-0.4, -0.2) is 6.54 Å². The summed E-state index contributed by atoms with van der Waals surface area (Å²) in [5, 5.41) is 3.48. The molecule has 1 heterocycles. The van der Waals surface area contributed by atoms with Crippen LogP contribution in [0.5, 0.6) is 0 Å². The summed E-state index contributed by atoms with van der Waals surface area (Å²) in [4.78, 5) is 2.61. The Balaban J connectivity index is 2.44. The molecule has 19 heavy (non-hydrogen) atoms. The van der Waals surface area contributed by atoms with E-state index in [4.69, 9.17) is 0 Å². The Morgan fingerprint density at radius 2 is 2.05 bits per heavy atom. The summed E-state index contributed by atoms with van der Waals surface area (Å²) >= 11 is 5.06. The molecule has 0 spiro atoms. The SMILES string of the molecule is CCNC(c1ccc(F)c(Br)c1)c1sc(C)cc1C. The van der Waals surface area contributed by atoms with Gasteiger partial charge in [0.05, 0.1) is 10.5 Å². The third-order valence-electron chi connectivity index (χ3n) is 3.03. The molecule has 0 aliphatic rings. The molecule has 0 radical (unpaired) electrons. The van der Waals surface area contributed by atoms with E-state index in [2.05, 4.69) is 48.1 Å². The Morgan fingerprint density at radius 3 is 2.58 bits per heavy atom. The van der Waals surface area contributed by atoms with E-state index in [1.807, 2.05) is 12.1 Å². The smallest absolute Gasteiger partial charge is 0.137 e. The average molecular weight is 342 g/mol. The number of hydrogen-bond donors (Lipinski definition) is 1. The maximum Gasteiger partial charge on any atom is 0.137 e. The van der Waals surface area contributed by atoms with E-state index >= 15 is 0 Å². The Kier molecular flexibility index (Phi) is 4.76. The molecule has 1 aromatic heterocycles. The lowest BCUT2D eigenvalue weighted by atomic mass is 10.0. The number of aryl methyl sites for hydroxylation is 2. The molecule has 1 unspecified atom stereocenters. The molecule has 102 valence electrons. The highest BCUT2D eigenvalue weighted by Crippen LogP contribution is 2.33. The van der Waals surface area contributed by atoms with Gasteiger partial charge in [0, 0.05) is 9.75 Å². The molecular formula is C15H17BrFNS. The van der Waals surface area contributed by atoms with Gasteiger partial charge in [-0.25, -0.2) is 4.39 Å².